The van der Waals surface area contributed by atoms with Gasteiger partial charge in [-0.2, -0.15) is 0 Å². The Hall–Kier alpha value is -2.68. The Kier molecular flexibility index (Phi) is 4.38. The Labute approximate surface area is 136 Å². The van der Waals surface area contributed by atoms with Crippen molar-refractivity contribution in [3.05, 3.63) is 54.3 Å². The van der Waals surface area contributed by atoms with E-state index < -0.39 is 0 Å². The van der Waals surface area contributed by atoms with Crippen LogP contribution in [0.5, 0.6) is 0 Å². The summed E-state index contributed by atoms with van der Waals surface area (Å²) in [6, 6.07) is 14.1. The van der Waals surface area contributed by atoms with Gasteiger partial charge < -0.3 is 0 Å². The van der Waals surface area contributed by atoms with Crippen LogP contribution >= 0.6 is 0 Å². The van der Waals surface area contributed by atoms with Crippen LogP contribution in [0.2, 0.25) is 0 Å². The number of hydrogen-bond acceptors (Lipinski definition) is 3. The summed E-state index contributed by atoms with van der Waals surface area (Å²) >= 11 is 0. The molecule has 23 heavy (non-hydrogen) atoms. The molecule has 0 saturated heterocycles. The van der Waals surface area contributed by atoms with E-state index in [0.717, 1.165) is 33.2 Å². The molecule has 1 radical (unpaired) electrons. The first kappa shape index (κ1) is 15.2. The molecule has 3 nitrogen and oxygen atoms in total. The molecule has 3 aromatic rings. The molecule has 0 bridgehead atoms. The monoisotopic (exact) mass is 297 g/mol. The van der Waals surface area contributed by atoms with E-state index in [1.165, 1.54) is 5.97 Å². The standard InChI is InChI=1S/C18H15B2N2O/c1-21-12-17(20-11-10-19)22(2)15-8-5-7-14-13-6-3-4-9-16(13)23-18(14)15/h3-12H,1H2,2H3/b17-12-. The summed E-state index contributed by atoms with van der Waals surface area (Å²) in [4.78, 5) is 5.87. The van der Waals surface area contributed by atoms with E-state index in [2.05, 4.69) is 23.8 Å². The second kappa shape index (κ2) is 6.61. The maximum atomic E-state index is 6.07. The van der Waals surface area contributed by atoms with Crippen LogP contribution < -0.4 is 4.90 Å². The number of furan rings is 1. The average Bonchev–Trinajstić information content (AvgIpc) is 2.96. The van der Waals surface area contributed by atoms with Gasteiger partial charge in [-0.3, -0.25) is 0 Å². The van der Waals surface area contributed by atoms with E-state index in [1.54, 1.807) is 12.2 Å². The summed E-state index contributed by atoms with van der Waals surface area (Å²) in [5.41, 5.74) is 3.53. The molecule has 0 aliphatic carbocycles. The second-order valence-electron chi connectivity index (χ2n) is 5.10. The molecule has 3 rings (SSSR count). The van der Waals surface area contributed by atoms with Crippen molar-refractivity contribution in [2.75, 3.05) is 11.9 Å². The fourth-order valence-corrected chi connectivity index (χ4v) is 2.62. The minimum atomic E-state index is 0.844. The van der Waals surface area contributed by atoms with E-state index >= 15 is 0 Å². The molecule has 0 atom stereocenters. The van der Waals surface area contributed by atoms with Crippen LogP contribution in [0.25, 0.3) is 21.9 Å². The van der Waals surface area contributed by atoms with Gasteiger partial charge in [0.05, 0.1) is 0 Å². The summed E-state index contributed by atoms with van der Waals surface area (Å²) in [6.45, 7) is 5.40. The topological polar surface area (TPSA) is 28.7 Å². The normalized spacial score (nSPS) is 11.7. The van der Waals surface area contributed by atoms with Crippen LogP contribution in [-0.4, -0.2) is 40.1 Å². The molecule has 5 heteroatoms. The second-order valence-corrected chi connectivity index (χ2v) is 5.10. The van der Waals surface area contributed by atoms with E-state index in [0.29, 0.717) is 0 Å². The zero-order valence-corrected chi connectivity index (χ0v) is 12.9. The number of aliphatic imine (C=N–C) groups is 1. The molecule has 0 amide bonds. The van der Waals surface area contributed by atoms with Gasteiger partial charge in [-0.15, -0.1) is 0 Å². The van der Waals surface area contributed by atoms with Gasteiger partial charge in [0.2, 0.25) is 0 Å². The zero-order chi connectivity index (χ0) is 16.2. The van der Waals surface area contributed by atoms with Crippen LogP contribution in [0, 0.1) is 0 Å². The van der Waals surface area contributed by atoms with Crippen molar-refractivity contribution in [1.82, 2.24) is 0 Å². The SMILES string of the molecule is [B]=CC=B/C(=C/N=C)N(C)c1cccc2c1oc1ccccc12. The third kappa shape index (κ3) is 2.82. The van der Waals surface area contributed by atoms with E-state index in [4.69, 9.17) is 11.9 Å². The average molecular weight is 297 g/mol. The van der Waals surface area contributed by atoms with Crippen molar-refractivity contribution in [3.8, 4) is 0 Å². The summed E-state index contributed by atoms with van der Waals surface area (Å²) in [7, 11) is 7.39. The Morgan fingerprint density at radius 1 is 1.22 bits per heavy atom. The van der Waals surface area contributed by atoms with Gasteiger partial charge in [0.1, 0.15) is 0 Å². The number of benzene rings is 2. The van der Waals surface area contributed by atoms with Crippen LogP contribution in [0.3, 0.4) is 0 Å². The van der Waals surface area contributed by atoms with Crippen molar-refractivity contribution in [2.45, 2.75) is 0 Å². The number of nitrogens with zero attached hydrogens (tertiary/aromatic N) is 2. The van der Waals surface area contributed by atoms with Crippen LogP contribution in [-0.2, 0) is 0 Å². The predicted octanol–water partition coefficient (Wildman–Crippen LogP) is 3.00. The van der Waals surface area contributed by atoms with Crippen LogP contribution in [0.4, 0.5) is 5.69 Å². The molecule has 0 aliphatic rings. The summed E-state index contributed by atoms with van der Waals surface area (Å²) in [5.74, 6) is 3.23. The van der Waals surface area contributed by atoms with Gasteiger partial charge in [-0.25, -0.2) is 0 Å². The Balaban J connectivity index is 2.18. The number of anilines is 1. The van der Waals surface area contributed by atoms with Gasteiger partial charge in [-0.05, 0) is 0 Å². The summed E-state index contributed by atoms with van der Waals surface area (Å²) in [5, 5.41) is 2.20. The maximum absolute atomic E-state index is 6.07. The fraction of sp³-hybridized carbons (Fsp3) is 0.0556. The summed E-state index contributed by atoms with van der Waals surface area (Å²) in [6.07, 6.45) is 1.68. The minimum absolute atomic E-state index is 0.844. The Bertz CT molecular complexity index is 941. The molecule has 0 saturated carbocycles. The van der Waals surface area contributed by atoms with E-state index in [9.17, 15) is 0 Å². The van der Waals surface area contributed by atoms with Gasteiger partial charge in [0, 0.05) is 0 Å². The predicted molar refractivity (Wildman–Crippen MR) is 103 cm³/mol. The van der Waals surface area contributed by atoms with Gasteiger partial charge in [0.15, 0.2) is 0 Å². The molecule has 0 unspecified atom stereocenters. The van der Waals surface area contributed by atoms with Gasteiger partial charge in [0.25, 0.3) is 0 Å². The molecule has 1 aromatic heterocycles. The van der Waals surface area contributed by atoms with Crippen LogP contribution in [0.15, 0.2) is 63.7 Å². The molecule has 109 valence electrons. The van der Waals surface area contributed by atoms with Crippen molar-refractivity contribution in [1.29, 1.82) is 0 Å². The fourth-order valence-electron chi connectivity index (χ4n) is 2.62. The number of rotatable bonds is 5. The van der Waals surface area contributed by atoms with Crippen molar-refractivity contribution < 1.29 is 4.42 Å². The third-order valence-corrected chi connectivity index (χ3v) is 3.73. The molecular weight excluding hydrogens is 282 g/mol. The third-order valence-electron chi connectivity index (χ3n) is 3.73. The van der Waals surface area contributed by atoms with E-state index in [1.807, 2.05) is 49.2 Å². The molecular formula is C18H15B2N2O. The molecule has 0 fully saturated rings. The molecule has 0 spiro atoms. The van der Waals surface area contributed by atoms with Gasteiger partial charge >= 0.3 is 136 Å². The van der Waals surface area contributed by atoms with Crippen molar-refractivity contribution in [2.24, 2.45) is 4.99 Å². The molecule has 1 heterocycles. The zero-order valence-electron chi connectivity index (χ0n) is 12.9. The number of hydrogen-bond donors (Lipinski definition) is 0. The number of para-hydroxylation sites is 2. The van der Waals surface area contributed by atoms with Crippen LogP contribution in [0.1, 0.15) is 0 Å². The molecule has 0 N–H and O–H groups in total. The molecule has 2 aromatic carbocycles. The van der Waals surface area contributed by atoms with Gasteiger partial charge in [-0.1, -0.05) is 0 Å². The summed E-state index contributed by atoms with van der Waals surface area (Å²) < 4.78 is 6.07. The molecule has 0 aliphatic heterocycles. The first-order valence-electron chi connectivity index (χ1n) is 7.28. The number of fused-ring (bicyclic) bond motifs is 3. The van der Waals surface area contributed by atoms with E-state index in [-0.39, 0.29) is 0 Å². The first-order valence-corrected chi connectivity index (χ1v) is 7.28. The Morgan fingerprint density at radius 3 is 2.78 bits per heavy atom. The Morgan fingerprint density at radius 2 is 2.00 bits per heavy atom. The quantitative estimate of drug-likeness (QED) is 0.535. The first-order chi connectivity index (χ1) is 11.3. The van der Waals surface area contributed by atoms with Crippen molar-refractivity contribution in [3.63, 3.8) is 0 Å². The van der Waals surface area contributed by atoms with Crippen molar-refractivity contribution >= 4 is 60.7 Å².